The topological polar surface area (TPSA) is 85.5 Å². The summed E-state index contributed by atoms with van der Waals surface area (Å²) in [6.45, 7) is 1.75. The van der Waals surface area contributed by atoms with Gasteiger partial charge in [-0.15, -0.1) is 0 Å². The van der Waals surface area contributed by atoms with E-state index in [1.165, 1.54) is 0 Å². The molecule has 1 atom stereocenters. The minimum absolute atomic E-state index is 0.213. The quantitative estimate of drug-likeness (QED) is 0.750. The highest BCUT2D eigenvalue weighted by Gasteiger charge is 2.22. The number of anilines is 2. The summed E-state index contributed by atoms with van der Waals surface area (Å²) < 4.78 is 1.69. The lowest BCUT2D eigenvalue weighted by Crippen LogP contribution is -2.27. The van der Waals surface area contributed by atoms with Crippen molar-refractivity contribution in [1.29, 1.82) is 0 Å². The zero-order valence-corrected chi connectivity index (χ0v) is 12.3. The van der Waals surface area contributed by atoms with Crippen LogP contribution in [-0.2, 0) is 0 Å². The largest absolute Gasteiger partial charge is 0.383 e. The van der Waals surface area contributed by atoms with Crippen LogP contribution < -0.4 is 16.4 Å². The van der Waals surface area contributed by atoms with E-state index in [0.717, 1.165) is 42.1 Å². The van der Waals surface area contributed by atoms with E-state index in [-0.39, 0.29) is 6.04 Å². The van der Waals surface area contributed by atoms with Crippen LogP contribution in [0, 0.1) is 0 Å². The number of nitrogens with two attached hydrogens (primary N) is 2. The highest BCUT2D eigenvalue weighted by molar-refractivity contribution is 7.08. The Kier molecular flexibility index (Phi) is 2.83. The van der Waals surface area contributed by atoms with Crippen molar-refractivity contribution in [3.8, 4) is 11.1 Å². The van der Waals surface area contributed by atoms with Crippen molar-refractivity contribution >= 4 is 28.6 Å². The molecule has 7 heteroatoms. The molecule has 6 nitrogen and oxygen atoms in total. The average Bonchev–Trinajstić information content (AvgIpc) is 3.16. The van der Waals surface area contributed by atoms with Gasteiger partial charge in [-0.25, -0.2) is 4.98 Å². The van der Waals surface area contributed by atoms with Crippen LogP contribution >= 0.6 is 11.3 Å². The summed E-state index contributed by atoms with van der Waals surface area (Å²) in [7, 11) is 0. The van der Waals surface area contributed by atoms with Crippen LogP contribution in [0.1, 0.15) is 6.42 Å². The smallest absolute Gasteiger partial charge is 0.167 e. The Labute approximate surface area is 126 Å². The van der Waals surface area contributed by atoms with Crippen LogP contribution in [0.25, 0.3) is 16.8 Å². The Bertz CT molecular complexity index is 778. The molecule has 4 N–H and O–H groups in total. The lowest BCUT2D eigenvalue weighted by Gasteiger charge is -2.17. The maximum atomic E-state index is 6.13. The third kappa shape index (κ3) is 2.05. The summed E-state index contributed by atoms with van der Waals surface area (Å²) >= 11 is 1.66. The molecule has 4 rings (SSSR count). The number of aromatic nitrogens is 3. The van der Waals surface area contributed by atoms with Gasteiger partial charge in [-0.05, 0) is 28.8 Å². The average molecular weight is 300 g/mol. The molecule has 3 aromatic rings. The van der Waals surface area contributed by atoms with Crippen LogP contribution in [-0.4, -0.2) is 33.7 Å². The molecule has 1 saturated heterocycles. The molecule has 0 amide bonds. The second-order valence-electron chi connectivity index (χ2n) is 5.34. The zero-order chi connectivity index (χ0) is 14.4. The van der Waals surface area contributed by atoms with Gasteiger partial charge in [-0.1, -0.05) is 0 Å². The van der Waals surface area contributed by atoms with E-state index in [2.05, 4.69) is 21.4 Å². The Morgan fingerprint density at radius 3 is 3.00 bits per heavy atom. The van der Waals surface area contributed by atoms with Gasteiger partial charge in [0.15, 0.2) is 5.65 Å². The fraction of sp³-hybridized carbons (Fsp3) is 0.286. The number of hydrogen-bond acceptors (Lipinski definition) is 6. The second-order valence-corrected chi connectivity index (χ2v) is 6.12. The molecular weight excluding hydrogens is 284 g/mol. The molecule has 1 aliphatic heterocycles. The molecule has 0 bridgehead atoms. The number of hydrogen-bond donors (Lipinski definition) is 2. The van der Waals surface area contributed by atoms with Gasteiger partial charge < -0.3 is 16.4 Å². The van der Waals surface area contributed by atoms with E-state index in [0.29, 0.717) is 5.82 Å². The number of thiophene rings is 1. The summed E-state index contributed by atoms with van der Waals surface area (Å²) in [5.41, 5.74) is 15.0. The summed E-state index contributed by atoms with van der Waals surface area (Å²) in [5, 5.41) is 8.49. The predicted molar refractivity (Wildman–Crippen MR) is 85.5 cm³/mol. The lowest BCUT2D eigenvalue weighted by molar-refractivity contribution is 0.751. The van der Waals surface area contributed by atoms with Crippen LogP contribution in [0.15, 0.2) is 29.1 Å². The highest BCUT2D eigenvalue weighted by Crippen LogP contribution is 2.29. The van der Waals surface area contributed by atoms with Gasteiger partial charge in [0.05, 0.1) is 6.20 Å². The first-order valence-electron chi connectivity index (χ1n) is 6.90. The van der Waals surface area contributed by atoms with Crippen molar-refractivity contribution in [1.82, 2.24) is 14.6 Å². The number of nitrogen functional groups attached to an aromatic ring is 1. The molecule has 0 saturated carbocycles. The minimum atomic E-state index is 0.213. The highest BCUT2D eigenvalue weighted by atomic mass is 32.1. The fourth-order valence-corrected chi connectivity index (χ4v) is 3.41. The molecule has 1 aliphatic rings. The molecular formula is C14H16N6S. The van der Waals surface area contributed by atoms with E-state index in [1.807, 2.05) is 17.6 Å². The maximum Gasteiger partial charge on any atom is 0.167 e. The number of rotatable bonds is 2. The van der Waals surface area contributed by atoms with Gasteiger partial charge in [-0.2, -0.15) is 21.0 Å². The Morgan fingerprint density at radius 2 is 2.29 bits per heavy atom. The van der Waals surface area contributed by atoms with E-state index >= 15 is 0 Å². The van der Waals surface area contributed by atoms with Crippen molar-refractivity contribution in [2.75, 3.05) is 23.7 Å². The molecule has 0 aromatic carbocycles. The molecule has 0 aliphatic carbocycles. The van der Waals surface area contributed by atoms with Gasteiger partial charge in [-0.3, -0.25) is 0 Å². The van der Waals surface area contributed by atoms with Gasteiger partial charge in [0.1, 0.15) is 11.6 Å². The fourth-order valence-electron chi connectivity index (χ4n) is 2.75. The third-order valence-corrected chi connectivity index (χ3v) is 4.55. The molecule has 3 aromatic heterocycles. The normalized spacial score (nSPS) is 18.7. The van der Waals surface area contributed by atoms with E-state index < -0.39 is 0 Å². The third-order valence-electron chi connectivity index (χ3n) is 3.87. The number of nitrogens with zero attached hydrogens (tertiary/aromatic N) is 4. The van der Waals surface area contributed by atoms with Crippen LogP contribution in [0.2, 0.25) is 0 Å². The zero-order valence-electron chi connectivity index (χ0n) is 11.4. The monoisotopic (exact) mass is 300 g/mol. The number of fused-ring (bicyclic) bond motifs is 1. The molecule has 1 unspecified atom stereocenters. The maximum absolute atomic E-state index is 6.13. The van der Waals surface area contributed by atoms with Crippen molar-refractivity contribution in [3.63, 3.8) is 0 Å². The summed E-state index contributed by atoms with van der Waals surface area (Å²) in [6, 6.07) is 4.15. The van der Waals surface area contributed by atoms with Crippen LogP contribution in [0.3, 0.4) is 0 Å². The van der Waals surface area contributed by atoms with Gasteiger partial charge in [0.25, 0.3) is 0 Å². The van der Waals surface area contributed by atoms with E-state index in [1.54, 1.807) is 15.9 Å². The van der Waals surface area contributed by atoms with Gasteiger partial charge in [0.2, 0.25) is 0 Å². The molecule has 1 fully saturated rings. The Balaban J connectivity index is 1.85. The first-order chi connectivity index (χ1) is 10.2. The van der Waals surface area contributed by atoms with Crippen molar-refractivity contribution in [3.05, 3.63) is 29.1 Å². The van der Waals surface area contributed by atoms with Gasteiger partial charge >= 0.3 is 0 Å². The standard InChI is InChI=1S/C14H16N6S/c15-10-1-3-19(7-10)13-5-12(16)20-14(18-13)11(6-17-20)9-2-4-21-8-9/h2,4-6,8,10H,1,3,7,15-16H2. The molecule has 0 radical (unpaired) electrons. The Hall–Kier alpha value is -2.12. The first-order valence-corrected chi connectivity index (χ1v) is 7.84. The second kappa shape index (κ2) is 4.71. The van der Waals surface area contributed by atoms with Crippen molar-refractivity contribution in [2.45, 2.75) is 12.5 Å². The summed E-state index contributed by atoms with van der Waals surface area (Å²) in [4.78, 5) is 6.95. The lowest BCUT2D eigenvalue weighted by atomic mass is 10.2. The molecule has 108 valence electrons. The van der Waals surface area contributed by atoms with Crippen LogP contribution in [0.5, 0.6) is 0 Å². The van der Waals surface area contributed by atoms with Gasteiger partial charge in [0, 0.05) is 30.8 Å². The minimum Gasteiger partial charge on any atom is -0.383 e. The molecule has 0 spiro atoms. The molecule has 21 heavy (non-hydrogen) atoms. The molecule has 4 heterocycles. The predicted octanol–water partition coefficient (Wildman–Crippen LogP) is 1.58. The first kappa shape index (κ1) is 12.6. The van der Waals surface area contributed by atoms with E-state index in [9.17, 15) is 0 Å². The van der Waals surface area contributed by atoms with Crippen molar-refractivity contribution < 1.29 is 0 Å². The Morgan fingerprint density at radius 1 is 1.38 bits per heavy atom. The van der Waals surface area contributed by atoms with Crippen molar-refractivity contribution in [2.24, 2.45) is 5.73 Å². The van der Waals surface area contributed by atoms with E-state index in [4.69, 9.17) is 16.5 Å². The SMILES string of the molecule is Nc1cc(N2CCC(N)C2)nc2c(-c3ccsc3)cnn12. The summed E-state index contributed by atoms with van der Waals surface area (Å²) in [5.74, 6) is 1.47. The summed E-state index contributed by atoms with van der Waals surface area (Å²) in [6.07, 6.45) is 2.81. The van der Waals surface area contributed by atoms with Crippen LogP contribution in [0.4, 0.5) is 11.6 Å².